The van der Waals surface area contributed by atoms with Crippen LogP contribution in [0.2, 0.25) is 0 Å². The summed E-state index contributed by atoms with van der Waals surface area (Å²) in [5.74, 6) is 0.196. The normalized spacial score (nSPS) is 11.3. The zero-order valence-corrected chi connectivity index (χ0v) is 11.7. The van der Waals surface area contributed by atoms with Gasteiger partial charge in [0, 0.05) is 17.8 Å². The first-order chi connectivity index (χ1) is 9.03. The molecule has 0 radical (unpaired) electrons. The predicted molar refractivity (Wildman–Crippen MR) is 77.2 cm³/mol. The monoisotopic (exact) mass is 277 g/mol. The molecule has 5 heteroatoms. The lowest BCUT2D eigenvalue weighted by Crippen LogP contribution is -2.32. The summed E-state index contributed by atoms with van der Waals surface area (Å²) in [4.78, 5) is 12.0. The molecule has 0 atom stereocenters. The van der Waals surface area contributed by atoms with E-state index in [9.17, 15) is 4.79 Å². The van der Waals surface area contributed by atoms with Gasteiger partial charge in [0.25, 0.3) is 0 Å². The number of carbonyl (C=O) groups is 1. The third kappa shape index (κ3) is 3.15. The Labute approximate surface area is 117 Å². The molecule has 0 fully saturated rings. The van der Waals surface area contributed by atoms with Gasteiger partial charge in [0.1, 0.15) is 0 Å². The molecule has 0 saturated heterocycles. The maximum absolute atomic E-state index is 12.0. The minimum absolute atomic E-state index is 0.0863. The zero-order chi connectivity index (χ0) is 13.9. The second-order valence-electron chi connectivity index (χ2n) is 5.02. The molecule has 19 heavy (non-hydrogen) atoms. The number of benzene rings is 1. The lowest BCUT2D eigenvalue weighted by molar-refractivity contribution is -0.122. The highest BCUT2D eigenvalue weighted by Gasteiger charge is 2.26. The summed E-state index contributed by atoms with van der Waals surface area (Å²) in [7, 11) is 0. The van der Waals surface area contributed by atoms with E-state index in [2.05, 4.69) is 15.5 Å². The fourth-order valence-corrected chi connectivity index (χ4v) is 1.63. The Morgan fingerprint density at radius 2 is 2.00 bits per heavy atom. The number of anilines is 1. The number of amides is 1. The van der Waals surface area contributed by atoms with Crippen molar-refractivity contribution in [2.45, 2.75) is 13.8 Å². The molecule has 1 aromatic heterocycles. The molecule has 2 rings (SSSR count). The van der Waals surface area contributed by atoms with Gasteiger partial charge in [-0.05, 0) is 37.6 Å². The van der Waals surface area contributed by atoms with Crippen molar-refractivity contribution in [3.8, 4) is 11.3 Å². The van der Waals surface area contributed by atoms with Crippen LogP contribution in [0.3, 0.4) is 0 Å². The van der Waals surface area contributed by atoms with Crippen LogP contribution in [0.15, 0.2) is 36.5 Å². The van der Waals surface area contributed by atoms with Gasteiger partial charge < -0.3 is 5.32 Å². The molecule has 0 saturated carbocycles. The Morgan fingerprint density at radius 1 is 1.32 bits per heavy atom. The zero-order valence-electron chi connectivity index (χ0n) is 10.9. The summed E-state index contributed by atoms with van der Waals surface area (Å²) in [6.45, 7) is 3.63. The second-order valence-corrected chi connectivity index (χ2v) is 5.29. The number of alkyl halides is 1. The first-order valence-corrected chi connectivity index (χ1v) is 6.53. The van der Waals surface area contributed by atoms with E-state index in [1.165, 1.54) is 0 Å². The van der Waals surface area contributed by atoms with Crippen molar-refractivity contribution in [1.82, 2.24) is 10.2 Å². The van der Waals surface area contributed by atoms with Crippen LogP contribution in [0.1, 0.15) is 13.8 Å². The molecule has 4 nitrogen and oxygen atoms in total. The van der Waals surface area contributed by atoms with E-state index in [-0.39, 0.29) is 11.8 Å². The standard InChI is InChI=1S/C14H16ClN3O/c1-14(2,9-15)13(19)17-11-5-3-10(4-6-11)12-7-8-16-18-12/h3-8H,9H2,1-2H3,(H,16,18)(H,17,19). The minimum Gasteiger partial charge on any atom is -0.326 e. The maximum Gasteiger partial charge on any atom is 0.231 e. The number of hydrogen-bond acceptors (Lipinski definition) is 2. The van der Waals surface area contributed by atoms with Crippen LogP contribution in [-0.4, -0.2) is 22.0 Å². The number of H-pyrrole nitrogens is 1. The molecule has 100 valence electrons. The average Bonchev–Trinajstić information content (AvgIpc) is 2.93. The second kappa shape index (κ2) is 5.45. The van der Waals surface area contributed by atoms with Gasteiger partial charge in [-0.2, -0.15) is 5.10 Å². The topological polar surface area (TPSA) is 57.8 Å². The Kier molecular flexibility index (Phi) is 3.90. The highest BCUT2D eigenvalue weighted by Crippen LogP contribution is 2.22. The van der Waals surface area contributed by atoms with Gasteiger partial charge in [-0.25, -0.2) is 0 Å². The molecule has 0 spiro atoms. The molecule has 0 aliphatic rings. The Balaban J connectivity index is 2.10. The Hall–Kier alpha value is -1.81. The molecule has 0 aliphatic heterocycles. The molecule has 0 unspecified atom stereocenters. The number of aromatic amines is 1. The van der Waals surface area contributed by atoms with E-state index in [0.717, 1.165) is 16.9 Å². The van der Waals surface area contributed by atoms with Crippen LogP contribution in [0.25, 0.3) is 11.3 Å². The van der Waals surface area contributed by atoms with Crippen LogP contribution in [0, 0.1) is 5.41 Å². The number of aromatic nitrogens is 2. The van der Waals surface area contributed by atoms with Gasteiger partial charge in [0.05, 0.1) is 11.1 Å². The third-order valence-corrected chi connectivity index (χ3v) is 3.57. The summed E-state index contributed by atoms with van der Waals surface area (Å²) < 4.78 is 0. The maximum atomic E-state index is 12.0. The highest BCUT2D eigenvalue weighted by molar-refractivity contribution is 6.20. The summed E-state index contributed by atoms with van der Waals surface area (Å²) in [5, 5.41) is 9.65. The van der Waals surface area contributed by atoms with E-state index in [1.54, 1.807) is 6.20 Å². The number of nitrogens with one attached hydrogen (secondary N) is 2. The molecule has 1 heterocycles. The highest BCUT2D eigenvalue weighted by atomic mass is 35.5. The van der Waals surface area contributed by atoms with Crippen molar-refractivity contribution in [3.63, 3.8) is 0 Å². The van der Waals surface area contributed by atoms with Crippen molar-refractivity contribution in [2.24, 2.45) is 5.41 Å². The van der Waals surface area contributed by atoms with Crippen molar-refractivity contribution >= 4 is 23.2 Å². The van der Waals surface area contributed by atoms with Crippen molar-refractivity contribution in [2.75, 3.05) is 11.2 Å². The molecule has 2 N–H and O–H groups in total. The largest absolute Gasteiger partial charge is 0.326 e. The number of hydrogen-bond donors (Lipinski definition) is 2. The van der Waals surface area contributed by atoms with E-state index in [1.807, 2.05) is 44.2 Å². The lowest BCUT2D eigenvalue weighted by atomic mass is 9.95. The Bertz CT molecular complexity index is 547. The summed E-state index contributed by atoms with van der Waals surface area (Å²) >= 11 is 5.78. The van der Waals surface area contributed by atoms with Crippen molar-refractivity contribution in [3.05, 3.63) is 36.5 Å². The van der Waals surface area contributed by atoms with Gasteiger partial charge >= 0.3 is 0 Å². The summed E-state index contributed by atoms with van der Waals surface area (Å²) in [6, 6.07) is 9.47. The fourth-order valence-electron chi connectivity index (χ4n) is 1.51. The van der Waals surface area contributed by atoms with Gasteiger partial charge in [-0.3, -0.25) is 9.89 Å². The first-order valence-electron chi connectivity index (χ1n) is 6.00. The minimum atomic E-state index is -0.580. The average molecular weight is 278 g/mol. The van der Waals surface area contributed by atoms with Gasteiger partial charge in [-0.1, -0.05) is 12.1 Å². The van der Waals surface area contributed by atoms with Crippen LogP contribution >= 0.6 is 11.6 Å². The van der Waals surface area contributed by atoms with Crippen LogP contribution in [-0.2, 0) is 4.79 Å². The van der Waals surface area contributed by atoms with Crippen LogP contribution in [0.4, 0.5) is 5.69 Å². The van der Waals surface area contributed by atoms with Gasteiger partial charge in [0.2, 0.25) is 5.91 Å². The van der Waals surface area contributed by atoms with E-state index >= 15 is 0 Å². The quantitative estimate of drug-likeness (QED) is 0.843. The Morgan fingerprint density at radius 3 is 2.53 bits per heavy atom. The molecule has 1 aromatic carbocycles. The van der Waals surface area contributed by atoms with Crippen molar-refractivity contribution in [1.29, 1.82) is 0 Å². The SMILES string of the molecule is CC(C)(CCl)C(=O)Nc1ccc(-c2ccn[nH]2)cc1. The molecule has 2 aromatic rings. The fraction of sp³-hybridized carbons (Fsp3) is 0.286. The van der Waals surface area contributed by atoms with Crippen molar-refractivity contribution < 1.29 is 4.79 Å². The van der Waals surface area contributed by atoms with E-state index in [0.29, 0.717) is 0 Å². The number of halogens is 1. The molecular formula is C14H16ClN3O. The van der Waals surface area contributed by atoms with Crippen LogP contribution < -0.4 is 5.32 Å². The smallest absolute Gasteiger partial charge is 0.231 e. The summed E-state index contributed by atoms with van der Waals surface area (Å²) in [5.41, 5.74) is 2.14. The predicted octanol–water partition coefficient (Wildman–Crippen LogP) is 3.28. The van der Waals surface area contributed by atoms with E-state index < -0.39 is 5.41 Å². The molecule has 1 amide bonds. The number of rotatable bonds is 4. The van der Waals surface area contributed by atoms with Gasteiger partial charge in [-0.15, -0.1) is 11.6 Å². The van der Waals surface area contributed by atoms with E-state index in [4.69, 9.17) is 11.6 Å². The number of carbonyl (C=O) groups excluding carboxylic acids is 1. The summed E-state index contributed by atoms with van der Waals surface area (Å²) in [6.07, 6.45) is 1.70. The molecule has 0 bridgehead atoms. The molecular weight excluding hydrogens is 262 g/mol. The molecule has 0 aliphatic carbocycles. The van der Waals surface area contributed by atoms with Crippen LogP contribution in [0.5, 0.6) is 0 Å². The third-order valence-electron chi connectivity index (χ3n) is 2.90. The van der Waals surface area contributed by atoms with Gasteiger partial charge in [0.15, 0.2) is 0 Å². The number of nitrogens with zero attached hydrogens (tertiary/aromatic N) is 1. The first kappa shape index (κ1) is 13.6. The lowest BCUT2D eigenvalue weighted by Gasteiger charge is -2.20.